The zero-order chi connectivity index (χ0) is 15.8. The quantitative estimate of drug-likeness (QED) is 0.601. The molecule has 2 saturated carbocycles. The Kier molecular flexibility index (Phi) is 4.86. The summed E-state index contributed by atoms with van der Waals surface area (Å²) in [7, 11) is 1.59. The molecule has 0 aromatic carbocycles. The summed E-state index contributed by atoms with van der Waals surface area (Å²) in [5, 5.41) is 9.84. The molecule has 21 heavy (non-hydrogen) atoms. The van der Waals surface area contributed by atoms with E-state index in [4.69, 9.17) is 9.47 Å². The van der Waals surface area contributed by atoms with Crippen LogP contribution >= 0.6 is 0 Å². The molecule has 0 saturated heterocycles. The summed E-state index contributed by atoms with van der Waals surface area (Å²) in [5.41, 5.74) is 0. The third-order valence-corrected chi connectivity index (χ3v) is 9.88. The molecule has 122 valence electrons. The molecule has 2 fully saturated rings. The average Bonchev–Trinajstić information content (AvgIpc) is 2.63. The molecule has 5 heteroatoms. The molecular weight excluding hydrogens is 284 g/mol. The number of hydrogen-bond donors (Lipinski definition) is 1. The smallest absolute Gasteiger partial charge is 0.307 e. The summed E-state index contributed by atoms with van der Waals surface area (Å²) in [6.45, 7) is 6.98. The highest BCUT2D eigenvalue weighted by Crippen LogP contribution is 2.68. The van der Waals surface area contributed by atoms with Crippen LogP contribution in [0.5, 0.6) is 0 Å². The van der Waals surface area contributed by atoms with E-state index in [9.17, 15) is 9.90 Å². The lowest BCUT2D eigenvalue weighted by molar-refractivity contribution is -0.148. The topological polar surface area (TPSA) is 55.8 Å². The van der Waals surface area contributed by atoms with E-state index >= 15 is 0 Å². The molecule has 2 aliphatic rings. The number of fused-ring (bicyclic) bond motifs is 2. The molecule has 0 amide bonds. The van der Waals surface area contributed by atoms with Gasteiger partial charge in [-0.3, -0.25) is 4.79 Å². The van der Waals surface area contributed by atoms with Crippen LogP contribution in [0.3, 0.4) is 0 Å². The fraction of sp³-hybridized carbons (Fsp3) is 0.938. The number of carboxylic acids is 1. The number of hydrogen-bond acceptors (Lipinski definition) is 3. The number of aliphatic carboxylic acids is 1. The lowest BCUT2D eigenvalue weighted by Crippen LogP contribution is -2.50. The third kappa shape index (κ3) is 2.68. The maximum absolute atomic E-state index is 12.1. The van der Waals surface area contributed by atoms with Crippen LogP contribution < -0.4 is 0 Å². The number of ether oxygens (including phenoxy) is 2. The van der Waals surface area contributed by atoms with E-state index in [0.29, 0.717) is 11.8 Å². The molecular formula is C16H30O4Si. The lowest BCUT2D eigenvalue weighted by atomic mass is 9.83. The maximum atomic E-state index is 12.1. The predicted molar refractivity (Wildman–Crippen MR) is 85.0 cm³/mol. The molecule has 2 bridgehead atoms. The molecule has 2 rings (SSSR count). The summed E-state index contributed by atoms with van der Waals surface area (Å²) in [6.07, 6.45) is 4.94. The number of methoxy groups -OCH3 is 2. The first-order chi connectivity index (χ1) is 9.77. The number of carbonyl (C=O) groups is 1. The Bertz CT molecular complexity index is 388. The summed E-state index contributed by atoms with van der Waals surface area (Å²) in [6, 6.07) is 0. The summed E-state index contributed by atoms with van der Waals surface area (Å²) in [4.78, 5) is 12.1. The second kappa shape index (κ2) is 6.01. The van der Waals surface area contributed by atoms with Gasteiger partial charge in [0.15, 0.2) is 6.29 Å². The zero-order valence-corrected chi connectivity index (χ0v) is 15.0. The van der Waals surface area contributed by atoms with Gasteiger partial charge in [0.05, 0.1) is 14.0 Å². The van der Waals surface area contributed by atoms with E-state index in [1.165, 1.54) is 12.8 Å². The second-order valence-corrected chi connectivity index (χ2v) is 13.3. The van der Waals surface area contributed by atoms with Gasteiger partial charge in [-0.25, -0.2) is 0 Å². The fourth-order valence-corrected chi connectivity index (χ4v) is 8.87. The van der Waals surface area contributed by atoms with Crippen molar-refractivity contribution < 1.29 is 19.4 Å². The first-order valence-corrected chi connectivity index (χ1v) is 11.6. The summed E-state index contributed by atoms with van der Waals surface area (Å²) < 4.78 is 10.9. The molecule has 1 N–H and O–H groups in total. The Morgan fingerprint density at radius 1 is 1.29 bits per heavy atom. The lowest BCUT2D eigenvalue weighted by Gasteiger charge is -2.49. The molecule has 0 aromatic heterocycles. The molecule has 0 aromatic rings. The van der Waals surface area contributed by atoms with E-state index in [2.05, 4.69) is 19.6 Å². The van der Waals surface area contributed by atoms with Gasteiger partial charge in [-0.2, -0.15) is 0 Å². The normalized spacial score (nSPS) is 36.2. The van der Waals surface area contributed by atoms with Gasteiger partial charge in [0.1, 0.15) is 0 Å². The van der Waals surface area contributed by atoms with Crippen molar-refractivity contribution in [2.45, 2.75) is 63.1 Å². The van der Waals surface area contributed by atoms with E-state index < -0.39 is 14.0 Å². The van der Waals surface area contributed by atoms with E-state index in [-0.39, 0.29) is 17.2 Å². The van der Waals surface area contributed by atoms with Crippen LogP contribution in [0.2, 0.25) is 24.7 Å². The Morgan fingerprint density at radius 2 is 1.90 bits per heavy atom. The van der Waals surface area contributed by atoms with E-state index in [0.717, 1.165) is 19.3 Å². The van der Waals surface area contributed by atoms with Crippen molar-refractivity contribution >= 4 is 14.0 Å². The fourth-order valence-electron chi connectivity index (χ4n) is 5.31. The van der Waals surface area contributed by atoms with Crippen LogP contribution in [0.15, 0.2) is 0 Å². The van der Waals surface area contributed by atoms with Crippen LogP contribution in [-0.4, -0.2) is 39.7 Å². The van der Waals surface area contributed by atoms with Crippen LogP contribution in [0.25, 0.3) is 0 Å². The standard InChI is InChI=1S/C16H30O4Si/c1-19-13(20-2)10-16(21(3,4)5)12-8-6-7-11(9-12)14(16)15(17)18/h11-14H,6-10H2,1-5H3,(H,17,18). The van der Waals surface area contributed by atoms with Gasteiger partial charge in [0.25, 0.3) is 0 Å². The maximum Gasteiger partial charge on any atom is 0.307 e. The van der Waals surface area contributed by atoms with Crippen LogP contribution in [0.1, 0.15) is 32.1 Å². The Balaban J connectivity index is 2.48. The highest BCUT2D eigenvalue weighted by molar-refractivity contribution is 6.79. The first kappa shape index (κ1) is 17.0. The highest BCUT2D eigenvalue weighted by Gasteiger charge is 2.64. The van der Waals surface area contributed by atoms with Gasteiger partial charge in [-0.1, -0.05) is 32.5 Å². The Labute approximate surface area is 129 Å². The van der Waals surface area contributed by atoms with E-state index in [1.807, 2.05) is 0 Å². The van der Waals surface area contributed by atoms with Gasteiger partial charge >= 0.3 is 5.97 Å². The molecule has 0 aliphatic heterocycles. The van der Waals surface area contributed by atoms with Crippen molar-refractivity contribution in [3.8, 4) is 0 Å². The molecule has 0 radical (unpaired) electrons. The minimum atomic E-state index is -1.72. The monoisotopic (exact) mass is 314 g/mol. The molecule has 0 spiro atoms. The van der Waals surface area contributed by atoms with Crippen molar-refractivity contribution in [2.75, 3.05) is 14.2 Å². The van der Waals surface area contributed by atoms with Crippen molar-refractivity contribution in [3.63, 3.8) is 0 Å². The molecule has 4 atom stereocenters. The van der Waals surface area contributed by atoms with Gasteiger partial charge in [0, 0.05) is 20.6 Å². The van der Waals surface area contributed by atoms with Crippen molar-refractivity contribution in [1.82, 2.24) is 0 Å². The zero-order valence-electron chi connectivity index (χ0n) is 14.0. The van der Waals surface area contributed by atoms with Gasteiger partial charge < -0.3 is 14.6 Å². The molecule has 0 heterocycles. The van der Waals surface area contributed by atoms with Gasteiger partial charge in [0.2, 0.25) is 0 Å². The minimum absolute atomic E-state index is 0.114. The number of carboxylic acid groups (broad SMARTS) is 1. The Morgan fingerprint density at radius 3 is 2.38 bits per heavy atom. The Hall–Kier alpha value is -0.393. The van der Waals surface area contributed by atoms with Crippen molar-refractivity contribution in [1.29, 1.82) is 0 Å². The molecule has 4 nitrogen and oxygen atoms in total. The summed E-state index contributed by atoms with van der Waals surface area (Å²) in [5.74, 6) is 0.0569. The minimum Gasteiger partial charge on any atom is -0.481 e. The third-order valence-electron chi connectivity index (χ3n) is 6.16. The molecule has 2 aliphatic carbocycles. The van der Waals surface area contributed by atoms with Crippen LogP contribution in [0, 0.1) is 17.8 Å². The summed E-state index contributed by atoms with van der Waals surface area (Å²) >= 11 is 0. The SMILES string of the molecule is COC(CC1([Si](C)(C)C)C2CCCC(C2)C1C(=O)O)OC. The van der Waals surface area contributed by atoms with Gasteiger partial charge in [-0.05, 0) is 29.7 Å². The van der Waals surface area contributed by atoms with E-state index in [1.54, 1.807) is 14.2 Å². The van der Waals surface area contributed by atoms with Crippen LogP contribution in [-0.2, 0) is 14.3 Å². The first-order valence-electron chi connectivity index (χ1n) is 8.06. The second-order valence-electron chi connectivity index (χ2n) is 7.83. The number of rotatable bonds is 6. The van der Waals surface area contributed by atoms with Crippen molar-refractivity contribution in [3.05, 3.63) is 0 Å². The highest BCUT2D eigenvalue weighted by atomic mass is 28.3. The predicted octanol–water partition coefficient (Wildman–Crippen LogP) is 3.59. The largest absolute Gasteiger partial charge is 0.481 e. The van der Waals surface area contributed by atoms with Crippen molar-refractivity contribution in [2.24, 2.45) is 17.8 Å². The van der Waals surface area contributed by atoms with Gasteiger partial charge in [-0.15, -0.1) is 0 Å². The average molecular weight is 314 g/mol. The van der Waals surface area contributed by atoms with Crippen LogP contribution in [0.4, 0.5) is 0 Å². The molecule has 4 unspecified atom stereocenters.